The predicted molar refractivity (Wildman–Crippen MR) is 66.0 cm³/mol. The van der Waals surface area contributed by atoms with Gasteiger partial charge in [-0.1, -0.05) is 0 Å². The largest absolute Gasteiger partial charge is 0.370 e. The van der Waals surface area contributed by atoms with Crippen LogP contribution >= 0.6 is 15.9 Å². The minimum atomic E-state index is 0.813. The van der Waals surface area contributed by atoms with Crippen LogP contribution in [-0.4, -0.2) is 42.1 Å². The fourth-order valence-electron chi connectivity index (χ4n) is 1.20. The number of anilines is 1. The lowest BCUT2D eigenvalue weighted by Crippen LogP contribution is -2.14. The molecule has 0 aliphatic rings. The SMILES string of the molecule is CN(C)CCCCNc1cc(Br)ncn1. The van der Waals surface area contributed by atoms with Gasteiger partial charge in [0.1, 0.15) is 16.7 Å². The third-order valence-electron chi connectivity index (χ3n) is 1.97. The fourth-order valence-corrected chi connectivity index (χ4v) is 1.51. The van der Waals surface area contributed by atoms with Crippen LogP contribution in [-0.2, 0) is 0 Å². The lowest BCUT2D eigenvalue weighted by atomic mass is 10.3. The number of unbranched alkanes of at least 4 members (excludes halogenated alkanes) is 1. The van der Waals surface area contributed by atoms with Crippen LogP contribution in [0.4, 0.5) is 5.82 Å². The number of hydrogen-bond donors (Lipinski definition) is 1. The van der Waals surface area contributed by atoms with E-state index in [2.05, 4.69) is 50.2 Å². The van der Waals surface area contributed by atoms with Gasteiger partial charge in [0.2, 0.25) is 0 Å². The molecule has 0 radical (unpaired) electrons. The molecule has 15 heavy (non-hydrogen) atoms. The first-order valence-corrected chi connectivity index (χ1v) is 5.84. The Morgan fingerprint density at radius 1 is 1.33 bits per heavy atom. The van der Waals surface area contributed by atoms with E-state index in [1.54, 1.807) is 6.33 Å². The standard InChI is InChI=1S/C10H17BrN4/c1-15(2)6-4-3-5-12-10-7-9(11)13-8-14-10/h7-8H,3-6H2,1-2H3,(H,12,13,14). The molecule has 1 aromatic heterocycles. The zero-order valence-electron chi connectivity index (χ0n) is 9.20. The van der Waals surface area contributed by atoms with Crippen molar-refractivity contribution in [3.63, 3.8) is 0 Å². The molecule has 0 saturated heterocycles. The van der Waals surface area contributed by atoms with Crippen molar-refractivity contribution in [2.75, 3.05) is 32.5 Å². The Labute approximate surface area is 99.2 Å². The molecule has 1 N–H and O–H groups in total. The van der Waals surface area contributed by atoms with Crippen molar-refractivity contribution < 1.29 is 0 Å². The summed E-state index contributed by atoms with van der Waals surface area (Å²) in [5, 5.41) is 3.26. The normalized spacial score (nSPS) is 10.7. The van der Waals surface area contributed by atoms with Gasteiger partial charge in [-0.25, -0.2) is 9.97 Å². The van der Waals surface area contributed by atoms with Gasteiger partial charge in [-0.3, -0.25) is 0 Å². The summed E-state index contributed by atoms with van der Waals surface area (Å²) in [6.45, 7) is 2.09. The Hall–Kier alpha value is -0.680. The first-order chi connectivity index (χ1) is 7.18. The summed E-state index contributed by atoms with van der Waals surface area (Å²) in [4.78, 5) is 10.3. The third kappa shape index (κ3) is 5.69. The summed E-state index contributed by atoms with van der Waals surface area (Å²) in [6, 6.07) is 1.88. The second-order valence-corrected chi connectivity index (χ2v) is 4.48. The summed E-state index contributed by atoms with van der Waals surface area (Å²) in [6.07, 6.45) is 3.90. The Morgan fingerprint density at radius 3 is 2.80 bits per heavy atom. The number of rotatable bonds is 6. The second kappa shape index (κ2) is 6.74. The fraction of sp³-hybridized carbons (Fsp3) is 0.600. The molecule has 1 aromatic rings. The lowest BCUT2D eigenvalue weighted by molar-refractivity contribution is 0.396. The molecule has 0 atom stereocenters. The number of hydrogen-bond acceptors (Lipinski definition) is 4. The third-order valence-corrected chi connectivity index (χ3v) is 2.41. The van der Waals surface area contributed by atoms with E-state index in [0.29, 0.717) is 0 Å². The van der Waals surface area contributed by atoms with Crippen LogP contribution < -0.4 is 5.32 Å². The van der Waals surface area contributed by atoms with Crippen molar-refractivity contribution in [3.8, 4) is 0 Å². The van der Waals surface area contributed by atoms with Crippen molar-refractivity contribution in [3.05, 3.63) is 17.0 Å². The summed E-state index contributed by atoms with van der Waals surface area (Å²) in [5.41, 5.74) is 0. The van der Waals surface area contributed by atoms with E-state index in [4.69, 9.17) is 0 Å². The average molecular weight is 273 g/mol. The van der Waals surface area contributed by atoms with Crippen molar-refractivity contribution in [1.29, 1.82) is 0 Å². The van der Waals surface area contributed by atoms with Gasteiger partial charge in [0, 0.05) is 12.6 Å². The molecule has 0 aliphatic heterocycles. The topological polar surface area (TPSA) is 41.0 Å². The summed E-state index contributed by atoms with van der Waals surface area (Å²) < 4.78 is 0.813. The number of aromatic nitrogens is 2. The van der Waals surface area contributed by atoms with Gasteiger partial charge in [-0.15, -0.1) is 0 Å². The highest BCUT2D eigenvalue weighted by molar-refractivity contribution is 9.10. The van der Waals surface area contributed by atoms with Gasteiger partial charge in [0.15, 0.2) is 0 Å². The quantitative estimate of drug-likeness (QED) is 0.635. The number of nitrogens with zero attached hydrogens (tertiary/aromatic N) is 3. The maximum Gasteiger partial charge on any atom is 0.130 e. The van der Waals surface area contributed by atoms with Crippen LogP contribution in [0.5, 0.6) is 0 Å². The number of halogens is 1. The highest BCUT2D eigenvalue weighted by Crippen LogP contribution is 2.09. The monoisotopic (exact) mass is 272 g/mol. The van der Waals surface area contributed by atoms with Crippen LogP contribution in [0, 0.1) is 0 Å². The maximum atomic E-state index is 4.11. The van der Waals surface area contributed by atoms with Crippen molar-refractivity contribution in [2.24, 2.45) is 0 Å². The molecule has 0 fully saturated rings. The van der Waals surface area contributed by atoms with Gasteiger partial charge in [0.05, 0.1) is 0 Å². The molecule has 0 aliphatic carbocycles. The van der Waals surface area contributed by atoms with Gasteiger partial charge >= 0.3 is 0 Å². The smallest absolute Gasteiger partial charge is 0.130 e. The molecule has 0 aromatic carbocycles. The van der Waals surface area contributed by atoms with Gasteiger partial charge in [-0.05, 0) is 49.4 Å². The Balaban J connectivity index is 2.15. The molecule has 0 saturated carbocycles. The molecular weight excluding hydrogens is 256 g/mol. The first kappa shape index (κ1) is 12.4. The molecule has 0 bridgehead atoms. The zero-order valence-corrected chi connectivity index (χ0v) is 10.8. The minimum Gasteiger partial charge on any atom is -0.370 e. The molecule has 0 spiro atoms. The van der Waals surface area contributed by atoms with Crippen LogP contribution in [0.15, 0.2) is 17.0 Å². The Kier molecular flexibility index (Phi) is 5.57. The van der Waals surface area contributed by atoms with E-state index in [1.165, 1.54) is 6.42 Å². The van der Waals surface area contributed by atoms with E-state index < -0.39 is 0 Å². The molecule has 0 amide bonds. The number of nitrogens with one attached hydrogen (secondary N) is 1. The molecule has 0 unspecified atom stereocenters. The van der Waals surface area contributed by atoms with Crippen molar-refractivity contribution >= 4 is 21.7 Å². The Morgan fingerprint density at radius 2 is 2.13 bits per heavy atom. The van der Waals surface area contributed by atoms with Crippen LogP contribution in [0.2, 0.25) is 0 Å². The Bertz CT molecular complexity index is 291. The van der Waals surface area contributed by atoms with Gasteiger partial charge < -0.3 is 10.2 Å². The zero-order chi connectivity index (χ0) is 11.1. The van der Waals surface area contributed by atoms with Crippen LogP contribution in [0.3, 0.4) is 0 Å². The van der Waals surface area contributed by atoms with E-state index in [0.717, 1.165) is 29.9 Å². The molecule has 84 valence electrons. The summed E-state index contributed by atoms with van der Waals surface area (Å²) in [7, 11) is 4.18. The second-order valence-electron chi connectivity index (χ2n) is 3.66. The highest BCUT2D eigenvalue weighted by Gasteiger charge is 1.95. The molecule has 1 rings (SSSR count). The van der Waals surface area contributed by atoms with E-state index >= 15 is 0 Å². The minimum absolute atomic E-state index is 0.813. The van der Waals surface area contributed by atoms with Crippen LogP contribution in [0.1, 0.15) is 12.8 Å². The maximum absolute atomic E-state index is 4.11. The molecule has 1 heterocycles. The van der Waals surface area contributed by atoms with E-state index in [-0.39, 0.29) is 0 Å². The van der Waals surface area contributed by atoms with Gasteiger partial charge in [-0.2, -0.15) is 0 Å². The van der Waals surface area contributed by atoms with Gasteiger partial charge in [0.25, 0.3) is 0 Å². The summed E-state index contributed by atoms with van der Waals surface area (Å²) in [5.74, 6) is 0.877. The van der Waals surface area contributed by atoms with E-state index in [9.17, 15) is 0 Å². The van der Waals surface area contributed by atoms with Crippen molar-refractivity contribution in [2.45, 2.75) is 12.8 Å². The average Bonchev–Trinajstić information content (AvgIpc) is 2.17. The highest BCUT2D eigenvalue weighted by atomic mass is 79.9. The van der Waals surface area contributed by atoms with E-state index in [1.807, 2.05) is 6.07 Å². The molecule has 5 heteroatoms. The molecule has 4 nitrogen and oxygen atoms in total. The summed E-state index contributed by atoms with van der Waals surface area (Å²) >= 11 is 3.31. The van der Waals surface area contributed by atoms with Crippen LogP contribution in [0.25, 0.3) is 0 Å². The lowest BCUT2D eigenvalue weighted by Gasteiger charge is -2.09. The van der Waals surface area contributed by atoms with Crippen molar-refractivity contribution in [1.82, 2.24) is 14.9 Å². The first-order valence-electron chi connectivity index (χ1n) is 5.04. The predicted octanol–water partition coefficient (Wildman–Crippen LogP) is 1.99. The molecular formula is C10H17BrN4.